The van der Waals surface area contributed by atoms with Gasteiger partial charge in [0.25, 0.3) is 5.79 Å². The van der Waals surface area contributed by atoms with Crippen molar-refractivity contribution in [1.29, 1.82) is 0 Å². The van der Waals surface area contributed by atoms with Gasteiger partial charge in [0.15, 0.2) is 0 Å². The molecule has 26 heavy (non-hydrogen) atoms. The number of carbonyl (C=O) groups excluding carboxylic acids is 1. The molecule has 0 saturated heterocycles. The van der Waals surface area contributed by atoms with Crippen LogP contribution in [0.4, 0.5) is 0 Å². The van der Waals surface area contributed by atoms with E-state index in [1.165, 1.54) is 0 Å². The molecule has 0 aromatic heterocycles. The lowest BCUT2D eigenvalue weighted by Crippen LogP contribution is -2.28. The number of halogens is 1. The Hall–Kier alpha value is -2.88. The third kappa shape index (κ3) is 2.71. The van der Waals surface area contributed by atoms with Crippen molar-refractivity contribution in [2.75, 3.05) is 0 Å². The second kappa shape index (κ2) is 6.45. The summed E-state index contributed by atoms with van der Waals surface area (Å²) < 4.78 is 5.51. The number of benzene rings is 3. The Balaban J connectivity index is 2.02. The maximum atomic E-state index is 12.8. The zero-order valence-corrected chi connectivity index (χ0v) is 14.5. The Morgan fingerprint density at radius 1 is 0.808 bits per heavy atom. The van der Waals surface area contributed by atoms with Crippen LogP contribution in [0.15, 0.2) is 84.9 Å². The van der Waals surface area contributed by atoms with E-state index in [0.717, 1.165) is 0 Å². The largest absolute Gasteiger partial charge is 0.421 e. The zero-order valence-electron chi connectivity index (χ0n) is 13.7. The monoisotopic (exact) mass is 362 g/mol. The minimum absolute atomic E-state index is 0.347. The van der Waals surface area contributed by atoms with E-state index in [0.29, 0.717) is 32.9 Å². The van der Waals surface area contributed by atoms with E-state index in [1.807, 2.05) is 60.7 Å². The molecule has 1 aliphatic heterocycles. The van der Waals surface area contributed by atoms with Gasteiger partial charge in [-0.3, -0.25) is 0 Å². The molecular weight excluding hydrogens is 348 g/mol. The predicted octanol–water partition coefficient (Wildman–Crippen LogP) is 4.65. The number of carbonyl (C=O) groups is 1. The summed E-state index contributed by atoms with van der Waals surface area (Å²) in [6.07, 6.45) is 0. The van der Waals surface area contributed by atoms with E-state index in [9.17, 15) is 9.90 Å². The Labute approximate surface area is 156 Å². The van der Waals surface area contributed by atoms with Crippen LogP contribution in [0.5, 0.6) is 0 Å². The van der Waals surface area contributed by atoms with Gasteiger partial charge in [0.1, 0.15) is 0 Å². The van der Waals surface area contributed by atoms with Gasteiger partial charge in [-0.1, -0.05) is 84.4 Å². The van der Waals surface area contributed by atoms with Crippen molar-refractivity contribution in [3.63, 3.8) is 0 Å². The summed E-state index contributed by atoms with van der Waals surface area (Å²) in [5.74, 6) is -2.48. The van der Waals surface area contributed by atoms with Crippen molar-refractivity contribution in [1.82, 2.24) is 0 Å². The first-order chi connectivity index (χ1) is 12.6. The number of hydrogen-bond acceptors (Lipinski definition) is 3. The first kappa shape index (κ1) is 16.6. The molecule has 0 fully saturated rings. The van der Waals surface area contributed by atoms with Gasteiger partial charge < -0.3 is 9.84 Å². The minimum atomic E-state index is -1.91. The van der Waals surface area contributed by atoms with Crippen LogP contribution in [-0.2, 0) is 15.3 Å². The molecule has 0 saturated carbocycles. The summed E-state index contributed by atoms with van der Waals surface area (Å²) in [6, 6.07) is 25.2. The van der Waals surface area contributed by atoms with Crippen molar-refractivity contribution < 1.29 is 14.6 Å². The van der Waals surface area contributed by atoms with Crippen molar-refractivity contribution in [2.45, 2.75) is 5.79 Å². The van der Waals surface area contributed by atoms with Gasteiger partial charge >= 0.3 is 5.97 Å². The van der Waals surface area contributed by atoms with E-state index in [4.69, 9.17) is 16.3 Å². The third-order valence-corrected chi connectivity index (χ3v) is 4.61. The molecule has 1 unspecified atom stereocenters. The molecule has 1 atom stereocenters. The highest BCUT2D eigenvalue weighted by atomic mass is 35.5. The van der Waals surface area contributed by atoms with E-state index in [1.54, 1.807) is 24.3 Å². The number of hydrogen-bond donors (Lipinski definition) is 1. The fraction of sp³-hybridized carbons (Fsp3) is 0.0455. The SMILES string of the molecule is O=C1OC(O)(c2cccc(Cl)c2)C(c2ccccc2)=C1c1ccccc1. The maximum Gasteiger partial charge on any atom is 0.342 e. The van der Waals surface area contributed by atoms with Crippen LogP contribution < -0.4 is 0 Å². The standard InChI is InChI=1S/C22H15ClO3/c23-18-13-7-12-17(14-18)22(25)20(16-10-5-2-6-11-16)19(21(24)26-22)15-8-3-1-4-9-15/h1-14,25H. The van der Waals surface area contributed by atoms with Gasteiger partial charge in [0.2, 0.25) is 0 Å². The second-order valence-electron chi connectivity index (χ2n) is 6.03. The van der Waals surface area contributed by atoms with Crippen LogP contribution in [-0.4, -0.2) is 11.1 Å². The molecule has 0 aliphatic carbocycles. The molecule has 1 heterocycles. The molecule has 0 spiro atoms. The summed E-state index contributed by atoms with van der Waals surface area (Å²) in [4.78, 5) is 12.8. The Kier molecular flexibility index (Phi) is 4.11. The molecule has 1 aliphatic rings. The van der Waals surface area contributed by atoms with Crippen LogP contribution in [0.1, 0.15) is 16.7 Å². The highest BCUT2D eigenvalue weighted by molar-refractivity contribution is 6.31. The Morgan fingerprint density at radius 3 is 2.04 bits per heavy atom. The lowest BCUT2D eigenvalue weighted by atomic mass is 9.87. The summed E-state index contributed by atoms with van der Waals surface area (Å²) in [6.45, 7) is 0. The zero-order chi connectivity index (χ0) is 18.1. The van der Waals surface area contributed by atoms with Gasteiger partial charge in [-0.05, 0) is 23.3 Å². The Bertz CT molecular complexity index is 996. The lowest BCUT2D eigenvalue weighted by molar-refractivity contribution is -0.178. The third-order valence-electron chi connectivity index (χ3n) is 4.37. The quantitative estimate of drug-likeness (QED) is 0.690. The van der Waals surface area contributed by atoms with Crippen LogP contribution in [0.2, 0.25) is 5.02 Å². The van der Waals surface area contributed by atoms with Crippen LogP contribution >= 0.6 is 11.6 Å². The summed E-state index contributed by atoms with van der Waals surface area (Å²) in [7, 11) is 0. The summed E-state index contributed by atoms with van der Waals surface area (Å²) >= 11 is 6.10. The highest BCUT2D eigenvalue weighted by Crippen LogP contribution is 2.48. The van der Waals surface area contributed by atoms with Gasteiger partial charge in [-0.2, -0.15) is 0 Å². The van der Waals surface area contributed by atoms with Crippen molar-refractivity contribution in [3.05, 3.63) is 107 Å². The van der Waals surface area contributed by atoms with Gasteiger partial charge in [-0.25, -0.2) is 4.79 Å². The average molecular weight is 363 g/mol. The predicted molar refractivity (Wildman–Crippen MR) is 101 cm³/mol. The molecule has 4 rings (SSSR count). The van der Waals surface area contributed by atoms with E-state index in [-0.39, 0.29) is 0 Å². The van der Waals surface area contributed by atoms with Crippen LogP contribution in [0, 0.1) is 0 Å². The molecular formula is C22H15ClO3. The molecule has 3 aromatic carbocycles. The molecule has 3 aromatic rings. The fourth-order valence-corrected chi connectivity index (χ4v) is 3.41. The molecule has 3 nitrogen and oxygen atoms in total. The Morgan fingerprint density at radius 2 is 1.42 bits per heavy atom. The number of ether oxygens (including phenoxy) is 1. The highest BCUT2D eigenvalue weighted by Gasteiger charge is 2.48. The summed E-state index contributed by atoms with van der Waals surface area (Å²) in [5, 5.41) is 11.9. The number of rotatable bonds is 3. The summed E-state index contributed by atoms with van der Waals surface area (Å²) in [5.41, 5.74) is 2.56. The topological polar surface area (TPSA) is 46.5 Å². The molecule has 128 valence electrons. The number of esters is 1. The van der Waals surface area contributed by atoms with Gasteiger partial charge in [0, 0.05) is 10.6 Å². The number of aliphatic hydroxyl groups is 1. The normalized spacial score (nSPS) is 19.5. The molecule has 0 bridgehead atoms. The molecule has 4 heteroatoms. The minimum Gasteiger partial charge on any atom is -0.421 e. The van der Waals surface area contributed by atoms with Crippen molar-refractivity contribution in [3.8, 4) is 0 Å². The number of cyclic esters (lactones) is 1. The van der Waals surface area contributed by atoms with Crippen LogP contribution in [0.25, 0.3) is 11.1 Å². The van der Waals surface area contributed by atoms with Gasteiger partial charge in [-0.15, -0.1) is 0 Å². The van der Waals surface area contributed by atoms with E-state index >= 15 is 0 Å². The van der Waals surface area contributed by atoms with Gasteiger partial charge in [0.05, 0.1) is 11.1 Å². The smallest absolute Gasteiger partial charge is 0.342 e. The second-order valence-corrected chi connectivity index (χ2v) is 6.46. The maximum absolute atomic E-state index is 12.8. The molecule has 1 N–H and O–H groups in total. The molecule has 0 amide bonds. The first-order valence-corrected chi connectivity index (χ1v) is 8.55. The van der Waals surface area contributed by atoms with E-state index in [2.05, 4.69) is 0 Å². The van der Waals surface area contributed by atoms with Crippen LogP contribution in [0.3, 0.4) is 0 Å². The van der Waals surface area contributed by atoms with Crippen molar-refractivity contribution >= 4 is 28.7 Å². The average Bonchev–Trinajstić information content (AvgIpc) is 2.95. The first-order valence-electron chi connectivity index (χ1n) is 8.17. The van der Waals surface area contributed by atoms with E-state index < -0.39 is 11.8 Å². The fourth-order valence-electron chi connectivity index (χ4n) is 3.22. The van der Waals surface area contributed by atoms with Crippen molar-refractivity contribution in [2.24, 2.45) is 0 Å². The molecule has 0 radical (unpaired) electrons. The lowest BCUT2D eigenvalue weighted by Gasteiger charge is -2.26.